The third-order valence-corrected chi connectivity index (χ3v) is 13.4. The number of anilines is 2. The molecule has 0 atom stereocenters. The second kappa shape index (κ2) is 16.9. The first-order valence-electron chi connectivity index (χ1n) is 22.0. The van der Waals surface area contributed by atoms with Gasteiger partial charge in [0.1, 0.15) is 11.4 Å². The van der Waals surface area contributed by atoms with Crippen molar-refractivity contribution in [3.8, 4) is 0 Å². The average molecular weight is 885 g/mol. The molecule has 9 rings (SSSR count). The van der Waals surface area contributed by atoms with Gasteiger partial charge in [-0.3, -0.25) is 29.2 Å². The van der Waals surface area contributed by atoms with Crippen LogP contribution in [0.25, 0.3) is 10.9 Å². The summed E-state index contributed by atoms with van der Waals surface area (Å²) in [5.74, 6) is -1.78. The summed E-state index contributed by atoms with van der Waals surface area (Å²) in [5, 5.41) is 23.3. The number of hydrogen-bond acceptors (Lipinski definition) is 11. The normalized spacial score (nSPS) is 20.4. The minimum Gasteiger partial charge on any atom is -0.386 e. The van der Waals surface area contributed by atoms with Crippen molar-refractivity contribution >= 4 is 51.9 Å². The van der Waals surface area contributed by atoms with Crippen LogP contribution in [0.4, 0.5) is 29.3 Å². The Balaban J connectivity index is 0.746. The molecule has 4 fully saturated rings. The molecule has 0 bridgehead atoms. The molecule has 16 nitrogen and oxygen atoms in total. The lowest BCUT2D eigenvalue weighted by atomic mass is 9.92. The number of benzene rings is 2. The van der Waals surface area contributed by atoms with Gasteiger partial charge in [-0.1, -0.05) is 6.07 Å². The molecule has 5 aliphatic heterocycles. The van der Waals surface area contributed by atoms with Gasteiger partial charge in [-0.25, -0.2) is 14.8 Å². The Labute approximate surface area is 367 Å². The first-order chi connectivity index (χ1) is 30.5. The first-order valence-corrected chi connectivity index (χ1v) is 22.0. The fourth-order valence-corrected chi connectivity index (χ4v) is 9.89. The van der Waals surface area contributed by atoms with Crippen LogP contribution in [0.2, 0.25) is 0 Å². The quantitative estimate of drug-likeness (QED) is 0.184. The number of carbonyl (C=O) groups is 5. The van der Waals surface area contributed by atoms with E-state index in [9.17, 15) is 42.3 Å². The molecule has 2 aromatic heterocycles. The summed E-state index contributed by atoms with van der Waals surface area (Å²) in [7, 11) is 0. The number of urea groups is 1. The maximum Gasteiger partial charge on any atom is 0.433 e. The lowest BCUT2D eigenvalue weighted by Crippen LogP contribution is -2.58. The number of carbonyl (C=O) groups excluding carboxylic acids is 5. The Morgan fingerprint density at radius 2 is 1.55 bits per heavy atom. The minimum absolute atomic E-state index is 0.00788. The zero-order chi connectivity index (χ0) is 45.1. The van der Waals surface area contributed by atoms with Crippen molar-refractivity contribution in [1.29, 1.82) is 0 Å². The summed E-state index contributed by atoms with van der Waals surface area (Å²) >= 11 is 0. The van der Waals surface area contributed by atoms with E-state index in [-0.39, 0.29) is 41.5 Å². The van der Waals surface area contributed by atoms with Gasteiger partial charge in [-0.05, 0) is 114 Å². The van der Waals surface area contributed by atoms with E-state index >= 15 is 0 Å². The number of hydrogen-bond donors (Lipinski definition) is 3. The van der Waals surface area contributed by atoms with Crippen LogP contribution in [0, 0.1) is 5.92 Å². The van der Waals surface area contributed by atoms with Crippen molar-refractivity contribution in [3.05, 3.63) is 82.8 Å². The second-order valence-electron chi connectivity index (χ2n) is 18.1. The van der Waals surface area contributed by atoms with E-state index in [2.05, 4.69) is 30.3 Å². The van der Waals surface area contributed by atoms with Crippen LogP contribution < -0.4 is 15.5 Å². The summed E-state index contributed by atoms with van der Waals surface area (Å²) in [5.41, 5.74) is -0.270. The van der Waals surface area contributed by atoms with E-state index in [1.54, 1.807) is 38.1 Å². The van der Waals surface area contributed by atoms with Crippen molar-refractivity contribution in [2.45, 2.75) is 82.7 Å². The molecule has 0 aliphatic carbocycles. The third-order valence-electron chi connectivity index (χ3n) is 13.4. The SMILES string of the molecule is CC(C)(O)c1cc2nn(C3CCN(CC4CCN(C5CCN(c6ccc7c(c6)C(=O)N(N6CCC(=O)NC6=O)C7=O)CC5)CC4)CC3)cc2cc1NC(=O)c1cccc(C(F)(F)F)n1. The summed E-state index contributed by atoms with van der Waals surface area (Å²) in [4.78, 5) is 74.5. The maximum atomic E-state index is 13.3. The molecule has 5 aliphatic rings. The second-order valence-corrected chi connectivity index (χ2v) is 18.1. The van der Waals surface area contributed by atoms with E-state index in [0.29, 0.717) is 23.0 Å². The third kappa shape index (κ3) is 8.67. The highest BCUT2D eigenvalue weighted by Crippen LogP contribution is 2.36. The summed E-state index contributed by atoms with van der Waals surface area (Å²) in [6, 6.07) is 11.7. The zero-order valence-corrected chi connectivity index (χ0v) is 35.7. The monoisotopic (exact) mass is 884 g/mol. The van der Waals surface area contributed by atoms with E-state index in [1.165, 1.54) is 6.07 Å². The van der Waals surface area contributed by atoms with Crippen molar-refractivity contribution in [2.24, 2.45) is 5.92 Å². The van der Waals surface area contributed by atoms with E-state index in [1.807, 2.05) is 16.9 Å². The molecule has 3 N–H and O–H groups in total. The Kier molecular flexibility index (Phi) is 11.4. The van der Waals surface area contributed by atoms with Crippen LogP contribution in [-0.2, 0) is 16.6 Å². The number of halogens is 3. The number of nitrogens with one attached hydrogen (secondary N) is 2. The number of likely N-dealkylation sites (tertiary alicyclic amines) is 2. The molecular formula is C45H51F3N10O6. The number of alkyl halides is 3. The van der Waals surface area contributed by atoms with Crippen molar-refractivity contribution in [3.63, 3.8) is 0 Å². The highest BCUT2D eigenvalue weighted by atomic mass is 19.4. The van der Waals surface area contributed by atoms with Crippen LogP contribution in [-0.4, -0.2) is 128 Å². The predicted molar refractivity (Wildman–Crippen MR) is 228 cm³/mol. The Morgan fingerprint density at radius 3 is 2.23 bits per heavy atom. The molecule has 2 aromatic carbocycles. The van der Waals surface area contributed by atoms with E-state index in [0.717, 1.165) is 118 Å². The predicted octanol–water partition coefficient (Wildman–Crippen LogP) is 5.40. The van der Waals surface area contributed by atoms with Gasteiger partial charge in [-0.2, -0.15) is 23.3 Å². The Bertz CT molecular complexity index is 2500. The minimum atomic E-state index is -4.70. The number of hydrazine groups is 1. The fourth-order valence-electron chi connectivity index (χ4n) is 9.89. The van der Waals surface area contributed by atoms with Gasteiger partial charge < -0.3 is 25.1 Å². The van der Waals surface area contributed by atoms with Crippen LogP contribution in [0.1, 0.15) is 107 Å². The number of pyridine rings is 1. The lowest BCUT2D eigenvalue weighted by Gasteiger charge is -2.43. The number of piperidine rings is 3. The van der Waals surface area contributed by atoms with Crippen LogP contribution in [0.5, 0.6) is 0 Å². The molecule has 4 aromatic rings. The fraction of sp³-hybridized carbons (Fsp3) is 0.489. The number of aromatic nitrogens is 3. The van der Waals surface area contributed by atoms with Crippen molar-refractivity contribution in [2.75, 3.05) is 62.6 Å². The molecule has 0 unspecified atom stereocenters. The average Bonchev–Trinajstić information content (AvgIpc) is 3.80. The maximum absolute atomic E-state index is 13.3. The Hall–Kier alpha value is -5.92. The number of imide groups is 2. The van der Waals surface area contributed by atoms with Crippen LogP contribution in [0.3, 0.4) is 0 Å². The van der Waals surface area contributed by atoms with Gasteiger partial charge >= 0.3 is 12.2 Å². The molecule has 6 amide bonds. The van der Waals surface area contributed by atoms with Gasteiger partial charge in [-0.15, -0.1) is 0 Å². The van der Waals surface area contributed by atoms with E-state index in [4.69, 9.17) is 5.10 Å². The van der Waals surface area contributed by atoms with Crippen LogP contribution >= 0.6 is 0 Å². The molecule has 0 saturated carbocycles. The van der Waals surface area contributed by atoms with Gasteiger partial charge in [0.05, 0.1) is 34.8 Å². The van der Waals surface area contributed by atoms with Crippen molar-refractivity contribution < 1.29 is 42.3 Å². The van der Waals surface area contributed by atoms with Crippen LogP contribution in [0.15, 0.2) is 54.7 Å². The summed E-state index contributed by atoms with van der Waals surface area (Å²) < 4.78 is 41.8. The molecule has 338 valence electrons. The highest BCUT2D eigenvalue weighted by Gasteiger charge is 2.44. The van der Waals surface area contributed by atoms with Gasteiger partial charge in [0.25, 0.3) is 17.7 Å². The molecule has 7 heterocycles. The molecule has 64 heavy (non-hydrogen) atoms. The van der Waals surface area contributed by atoms with Gasteiger partial charge in [0, 0.05) is 73.7 Å². The zero-order valence-electron chi connectivity index (χ0n) is 35.7. The smallest absolute Gasteiger partial charge is 0.386 e. The van der Waals surface area contributed by atoms with Gasteiger partial charge in [0.15, 0.2) is 0 Å². The van der Waals surface area contributed by atoms with Gasteiger partial charge in [0.2, 0.25) is 5.91 Å². The summed E-state index contributed by atoms with van der Waals surface area (Å²) in [6.45, 7) is 9.79. The standard InChI is InChI=1S/C45H51F3N10O6/c1-44(2,64)34-24-36-28(22-37(34)50-40(60)35-4-3-5-38(49-35)45(46,47)48)26-56(52-36)30-10-15-53(16-11-30)25-27-8-17-54(18-9-27)29-12-19-55(20-13-29)31-6-7-32-33(23-31)42(62)58(41(32)61)57-21-14-39(59)51-43(57)63/h3-7,22-24,26-27,29-30,64H,8-21,25H2,1-2H3,(H,50,60)(H,51,59,63). The van der Waals surface area contributed by atoms with Crippen molar-refractivity contribution in [1.82, 2.24) is 39.9 Å². The molecular weight excluding hydrogens is 834 g/mol. The number of nitrogens with zero attached hydrogens (tertiary/aromatic N) is 8. The molecule has 4 saturated heterocycles. The largest absolute Gasteiger partial charge is 0.433 e. The first kappa shape index (κ1) is 43.3. The number of amides is 6. The highest BCUT2D eigenvalue weighted by molar-refractivity contribution is 6.22. The summed E-state index contributed by atoms with van der Waals surface area (Å²) in [6.07, 6.45) is 3.32. The number of rotatable bonds is 9. The lowest BCUT2D eigenvalue weighted by molar-refractivity contribution is -0.141. The topological polar surface area (TPSA) is 177 Å². The Morgan fingerprint density at radius 1 is 0.844 bits per heavy atom. The number of fused-ring (bicyclic) bond motifs is 2. The molecule has 19 heteroatoms. The van der Waals surface area contributed by atoms with E-state index < -0.39 is 47.1 Å². The number of aliphatic hydroxyl groups is 1. The molecule has 0 spiro atoms. The molecule has 0 radical (unpaired) electrons.